The molecular weight excluding hydrogens is 220 g/mol. The second-order valence-electron chi connectivity index (χ2n) is 7.22. The van der Waals surface area contributed by atoms with E-state index in [9.17, 15) is 0 Å². The number of nitrogens with zero attached hydrogens (tertiary/aromatic N) is 1. The van der Waals surface area contributed by atoms with Crippen LogP contribution in [0.1, 0.15) is 59.8 Å². The minimum atomic E-state index is 0.542. The standard InChI is InChI=1S/C16H34N2/c1-7-16(3,4)14-8-10-15(11-9-14)17-13(2)12-18(5)6/h13-15,17H,7-12H2,1-6H3. The highest BCUT2D eigenvalue weighted by Crippen LogP contribution is 2.40. The molecule has 0 aromatic heterocycles. The van der Waals surface area contributed by atoms with E-state index in [1.807, 2.05) is 0 Å². The van der Waals surface area contributed by atoms with Crippen molar-refractivity contribution in [3.63, 3.8) is 0 Å². The molecule has 1 unspecified atom stereocenters. The van der Waals surface area contributed by atoms with Crippen LogP contribution < -0.4 is 5.32 Å². The minimum absolute atomic E-state index is 0.542. The highest BCUT2D eigenvalue weighted by molar-refractivity contribution is 4.86. The SMILES string of the molecule is CCC(C)(C)C1CCC(NC(C)CN(C)C)CC1. The van der Waals surface area contributed by atoms with E-state index >= 15 is 0 Å². The Bertz CT molecular complexity index is 227. The van der Waals surface area contributed by atoms with Crippen LogP contribution in [0.4, 0.5) is 0 Å². The van der Waals surface area contributed by atoms with E-state index in [4.69, 9.17) is 0 Å². The fraction of sp³-hybridized carbons (Fsp3) is 1.00. The molecule has 1 N–H and O–H groups in total. The van der Waals surface area contributed by atoms with E-state index in [1.54, 1.807) is 0 Å². The average molecular weight is 254 g/mol. The summed E-state index contributed by atoms with van der Waals surface area (Å²) in [6, 6.07) is 1.37. The first-order valence-electron chi connectivity index (χ1n) is 7.76. The van der Waals surface area contributed by atoms with Crippen molar-refractivity contribution in [2.45, 2.75) is 71.9 Å². The van der Waals surface area contributed by atoms with E-state index in [1.165, 1.54) is 32.1 Å². The van der Waals surface area contributed by atoms with Crippen molar-refractivity contribution in [1.82, 2.24) is 10.2 Å². The molecule has 0 bridgehead atoms. The average Bonchev–Trinajstić information content (AvgIpc) is 2.28. The Morgan fingerprint density at radius 3 is 2.17 bits per heavy atom. The van der Waals surface area contributed by atoms with Crippen LogP contribution in [-0.2, 0) is 0 Å². The highest BCUT2D eigenvalue weighted by atomic mass is 15.1. The lowest BCUT2D eigenvalue weighted by atomic mass is 9.69. The molecule has 18 heavy (non-hydrogen) atoms. The van der Waals surface area contributed by atoms with Crippen LogP contribution in [0, 0.1) is 11.3 Å². The van der Waals surface area contributed by atoms with Crippen LogP contribution in [0.5, 0.6) is 0 Å². The maximum absolute atomic E-state index is 3.80. The second kappa shape index (κ2) is 6.91. The summed E-state index contributed by atoms with van der Waals surface area (Å²) in [6.07, 6.45) is 6.87. The lowest BCUT2D eigenvalue weighted by molar-refractivity contribution is 0.133. The molecule has 108 valence electrons. The van der Waals surface area contributed by atoms with Crippen LogP contribution in [0.25, 0.3) is 0 Å². The van der Waals surface area contributed by atoms with Gasteiger partial charge in [0.2, 0.25) is 0 Å². The molecule has 1 atom stereocenters. The molecule has 1 saturated carbocycles. The smallest absolute Gasteiger partial charge is 0.0169 e. The summed E-state index contributed by atoms with van der Waals surface area (Å²) in [5.41, 5.74) is 0.542. The van der Waals surface area contributed by atoms with Crippen molar-refractivity contribution >= 4 is 0 Å². The number of rotatable bonds is 6. The third-order valence-corrected chi connectivity index (χ3v) is 4.90. The van der Waals surface area contributed by atoms with E-state index in [2.05, 4.69) is 52.0 Å². The number of hydrogen-bond donors (Lipinski definition) is 1. The molecule has 2 heteroatoms. The van der Waals surface area contributed by atoms with Crippen molar-refractivity contribution in [3.8, 4) is 0 Å². The molecular formula is C16H34N2. The topological polar surface area (TPSA) is 15.3 Å². The minimum Gasteiger partial charge on any atom is -0.310 e. The lowest BCUT2D eigenvalue weighted by Crippen LogP contribution is -2.44. The summed E-state index contributed by atoms with van der Waals surface area (Å²) in [4.78, 5) is 2.27. The Balaban J connectivity index is 2.31. The molecule has 0 aromatic rings. The summed E-state index contributed by atoms with van der Waals surface area (Å²) in [5.74, 6) is 0.935. The van der Waals surface area contributed by atoms with Gasteiger partial charge in [-0.2, -0.15) is 0 Å². The van der Waals surface area contributed by atoms with Crippen molar-refractivity contribution in [2.75, 3.05) is 20.6 Å². The van der Waals surface area contributed by atoms with Gasteiger partial charge < -0.3 is 10.2 Å². The van der Waals surface area contributed by atoms with Crippen LogP contribution in [-0.4, -0.2) is 37.6 Å². The van der Waals surface area contributed by atoms with Gasteiger partial charge >= 0.3 is 0 Å². The molecule has 0 amide bonds. The summed E-state index contributed by atoms with van der Waals surface area (Å²) >= 11 is 0. The van der Waals surface area contributed by atoms with Gasteiger partial charge in [0.1, 0.15) is 0 Å². The second-order valence-corrected chi connectivity index (χ2v) is 7.22. The molecule has 1 fully saturated rings. The number of likely N-dealkylation sites (N-methyl/N-ethyl adjacent to an activating group) is 1. The number of nitrogens with one attached hydrogen (secondary N) is 1. The monoisotopic (exact) mass is 254 g/mol. The number of hydrogen-bond acceptors (Lipinski definition) is 2. The van der Waals surface area contributed by atoms with Gasteiger partial charge in [-0.15, -0.1) is 0 Å². The maximum Gasteiger partial charge on any atom is 0.0169 e. The third kappa shape index (κ3) is 4.89. The molecule has 1 rings (SSSR count). The van der Waals surface area contributed by atoms with Gasteiger partial charge in [0.25, 0.3) is 0 Å². The molecule has 0 aliphatic heterocycles. The Labute approximate surface area is 115 Å². The van der Waals surface area contributed by atoms with Crippen LogP contribution in [0.2, 0.25) is 0 Å². The molecule has 1 aliphatic carbocycles. The predicted octanol–water partition coefficient (Wildman–Crippen LogP) is 3.52. The van der Waals surface area contributed by atoms with Crippen molar-refractivity contribution in [1.29, 1.82) is 0 Å². The fourth-order valence-corrected chi connectivity index (χ4v) is 3.33. The van der Waals surface area contributed by atoms with Crippen molar-refractivity contribution < 1.29 is 0 Å². The zero-order valence-corrected chi connectivity index (χ0v) is 13.4. The van der Waals surface area contributed by atoms with Crippen LogP contribution >= 0.6 is 0 Å². The molecule has 0 spiro atoms. The van der Waals surface area contributed by atoms with Gasteiger partial charge in [-0.1, -0.05) is 27.2 Å². The normalized spacial score (nSPS) is 27.5. The summed E-state index contributed by atoms with van der Waals surface area (Å²) in [5, 5.41) is 3.80. The molecule has 0 heterocycles. The van der Waals surface area contributed by atoms with E-state index in [-0.39, 0.29) is 0 Å². The largest absolute Gasteiger partial charge is 0.310 e. The Morgan fingerprint density at radius 1 is 1.17 bits per heavy atom. The summed E-state index contributed by atoms with van der Waals surface area (Å²) in [6.45, 7) is 10.7. The van der Waals surface area contributed by atoms with Crippen LogP contribution in [0.3, 0.4) is 0 Å². The van der Waals surface area contributed by atoms with Gasteiger partial charge in [0, 0.05) is 18.6 Å². The summed E-state index contributed by atoms with van der Waals surface area (Å²) < 4.78 is 0. The van der Waals surface area contributed by atoms with Gasteiger partial charge in [0.05, 0.1) is 0 Å². The fourth-order valence-electron chi connectivity index (χ4n) is 3.33. The van der Waals surface area contributed by atoms with Gasteiger partial charge in [-0.05, 0) is 58.0 Å². The third-order valence-electron chi connectivity index (χ3n) is 4.90. The predicted molar refractivity (Wildman–Crippen MR) is 81.0 cm³/mol. The van der Waals surface area contributed by atoms with Gasteiger partial charge in [-0.25, -0.2) is 0 Å². The molecule has 2 nitrogen and oxygen atoms in total. The van der Waals surface area contributed by atoms with Crippen LogP contribution in [0.15, 0.2) is 0 Å². The van der Waals surface area contributed by atoms with Gasteiger partial charge in [-0.3, -0.25) is 0 Å². The quantitative estimate of drug-likeness (QED) is 0.780. The first kappa shape index (κ1) is 16.0. The zero-order chi connectivity index (χ0) is 13.8. The molecule has 0 radical (unpaired) electrons. The zero-order valence-electron chi connectivity index (χ0n) is 13.4. The first-order chi connectivity index (χ1) is 8.35. The van der Waals surface area contributed by atoms with Crippen molar-refractivity contribution in [3.05, 3.63) is 0 Å². The molecule has 1 aliphatic rings. The molecule has 0 saturated heterocycles. The lowest BCUT2D eigenvalue weighted by Gasteiger charge is -2.40. The van der Waals surface area contributed by atoms with E-state index in [0.29, 0.717) is 11.5 Å². The summed E-state index contributed by atoms with van der Waals surface area (Å²) in [7, 11) is 4.30. The Hall–Kier alpha value is -0.0800. The first-order valence-corrected chi connectivity index (χ1v) is 7.76. The van der Waals surface area contributed by atoms with E-state index < -0.39 is 0 Å². The maximum atomic E-state index is 3.80. The van der Waals surface area contributed by atoms with Crippen molar-refractivity contribution in [2.24, 2.45) is 11.3 Å². The Kier molecular flexibility index (Phi) is 6.13. The highest BCUT2D eigenvalue weighted by Gasteiger charge is 2.31. The molecule has 0 aromatic carbocycles. The van der Waals surface area contributed by atoms with E-state index in [0.717, 1.165) is 18.5 Å². The van der Waals surface area contributed by atoms with Gasteiger partial charge in [0.15, 0.2) is 0 Å². The Morgan fingerprint density at radius 2 is 1.72 bits per heavy atom.